The number of aromatic amines is 2. The highest BCUT2D eigenvalue weighted by atomic mass is 19.1. The van der Waals surface area contributed by atoms with Gasteiger partial charge in [0.05, 0.1) is 41.2 Å². The van der Waals surface area contributed by atoms with Crippen molar-refractivity contribution in [2.75, 3.05) is 25.5 Å². The van der Waals surface area contributed by atoms with E-state index in [9.17, 15) is 9.18 Å². The van der Waals surface area contributed by atoms with Gasteiger partial charge in [-0.3, -0.25) is 14.9 Å². The van der Waals surface area contributed by atoms with E-state index in [0.717, 1.165) is 48.1 Å². The van der Waals surface area contributed by atoms with Gasteiger partial charge in [0.2, 0.25) is 5.91 Å². The number of methoxy groups -OCH3 is 1. The molecule has 43 heavy (non-hydrogen) atoms. The van der Waals surface area contributed by atoms with Crippen LogP contribution in [0.25, 0.3) is 56.0 Å². The molecule has 1 saturated heterocycles. The summed E-state index contributed by atoms with van der Waals surface area (Å²) in [6.07, 6.45) is 5.88. The van der Waals surface area contributed by atoms with Crippen molar-refractivity contribution in [3.8, 4) is 39.7 Å². The minimum absolute atomic E-state index is 0.00711. The topological polar surface area (TPSA) is 134 Å². The maximum absolute atomic E-state index is 14.3. The van der Waals surface area contributed by atoms with Gasteiger partial charge in [0.25, 0.3) is 0 Å². The van der Waals surface area contributed by atoms with Crippen molar-refractivity contribution >= 4 is 33.7 Å². The molecule has 4 N–H and O–H groups in total. The summed E-state index contributed by atoms with van der Waals surface area (Å²) in [7, 11) is 1.51. The van der Waals surface area contributed by atoms with Crippen LogP contribution in [0.1, 0.15) is 19.3 Å². The number of hydrogen-bond acceptors (Lipinski definition) is 7. The van der Waals surface area contributed by atoms with E-state index in [2.05, 4.69) is 30.8 Å². The SMILES string of the molecule is COc1cc(F)cc(-c2cccc3[nH]c(-c4n[nH]c5ccc(-c6cncc(NC(=O)CC7CCNCC7)c6)nc45)nc23)c1. The average Bonchev–Trinajstić information content (AvgIpc) is 3.65. The molecule has 0 aliphatic carbocycles. The van der Waals surface area contributed by atoms with Gasteiger partial charge < -0.3 is 20.4 Å². The van der Waals surface area contributed by atoms with Crippen molar-refractivity contribution < 1.29 is 13.9 Å². The number of rotatable bonds is 7. The Morgan fingerprint density at radius 3 is 2.74 bits per heavy atom. The van der Waals surface area contributed by atoms with Crippen molar-refractivity contribution in [1.82, 2.24) is 35.5 Å². The first-order valence-corrected chi connectivity index (χ1v) is 14.2. The number of para-hydroxylation sites is 1. The van der Waals surface area contributed by atoms with E-state index >= 15 is 0 Å². The van der Waals surface area contributed by atoms with Crippen LogP contribution in [0.2, 0.25) is 0 Å². The molecule has 7 rings (SSSR count). The normalized spacial score (nSPS) is 13.9. The standard InChI is InChI=1S/C32H29FN8O2/c1-43-23-14-19(12-21(33)15-23)24-3-2-4-26-29(24)39-32(38-26)31-30-27(40-41-31)6-5-25(37-30)20-13-22(17-35-16-20)36-28(42)11-18-7-9-34-10-8-18/h2-6,12-18,34H,7-11H2,1H3,(H,36,42)(H,38,39)(H,40,41). The van der Waals surface area contributed by atoms with Crippen molar-refractivity contribution in [3.05, 3.63) is 72.8 Å². The molecule has 0 bridgehead atoms. The molecule has 1 aliphatic rings. The number of nitrogens with zero attached hydrogens (tertiary/aromatic N) is 4. The Kier molecular flexibility index (Phi) is 6.99. The third kappa shape index (κ3) is 5.42. The average molecular weight is 577 g/mol. The van der Waals surface area contributed by atoms with E-state index in [4.69, 9.17) is 14.7 Å². The van der Waals surface area contributed by atoms with E-state index in [1.54, 1.807) is 18.5 Å². The number of pyridine rings is 2. The number of ether oxygens (including phenoxy) is 1. The summed E-state index contributed by atoms with van der Waals surface area (Å²) in [5, 5.41) is 13.9. The van der Waals surface area contributed by atoms with E-state index in [0.29, 0.717) is 57.6 Å². The summed E-state index contributed by atoms with van der Waals surface area (Å²) < 4.78 is 19.6. The van der Waals surface area contributed by atoms with Gasteiger partial charge in [-0.15, -0.1) is 0 Å². The molecule has 0 saturated carbocycles. The van der Waals surface area contributed by atoms with Crippen molar-refractivity contribution in [2.45, 2.75) is 19.3 Å². The van der Waals surface area contributed by atoms with E-state index in [1.807, 2.05) is 36.4 Å². The quantitative estimate of drug-likeness (QED) is 0.191. The Hall–Kier alpha value is -5.16. The second-order valence-electron chi connectivity index (χ2n) is 10.7. The number of halogens is 1. The van der Waals surface area contributed by atoms with Gasteiger partial charge in [-0.2, -0.15) is 5.10 Å². The van der Waals surface area contributed by atoms with E-state index in [-0.39, 0.29) is 5.91 Å². The number of hydrogen-bond donors (Lipinski definition) is 4. The summed E-state index contributed by atoms with van der Waals surface area (Å²) in [6, 6.07) is 15.9. The lowest BCUT2D eigenvalue weighted by molar-refractivity contribution is -0.117. The first kappa shape index (κ1) is 26.7. The Morgan fingerprint density at radius 1 is 1.00 bits per heavy atom. The number of imidazole rings is 1. The van der Waals surface area contributed by atoms with Gasteiger partial charge >= 0.3 is 0 Å². The third-order valence-electron chi connectivity index (χ3n) is 7.81. The Morgan fingerprint density at radius 2 is 1.88 bits per heavy atom. The number of amides is 1. The fourth-order valence-corrected chi connectivity index (χ4v) is 5.65. The maximum Gasteiger partial charge on any atom is 0.224 e. The van der Waals surface area contributed by atoms with Crippen molar-refractivity contribution in [1.29, 1.82) is 0 Å². The zero-order valence-electron chi connectivity index (χ0n) is 23.4. The van der Waals surface area contributed by atoms with Crippen molar-refractivity contribution in [3.63, 3.8) is 0 Å². The molecular weight excluding hydrogens is 547 g/mol. The number of piperidine rings is 1. The fourth-order valence-electron chi connectivity index (χ4n) is 5.65. The first-order valence-electron chi connectivity index (χ1n) is 14.2. The highest BCUT2D eigenvalue weighted by molar-refractivity contribution is 5.97. The minimum atomic E-state index is -0.392. The predicted molar refractivity (Wildman–Crippen MR) is 163 cm³/mol. The Balaban J connectivity index is 1.20. The smallest absolute Gasteiger partial charge is 0.224 e. The largest absolute Gasteiger partial charge is 0.497 e. The van der Waals surface area contributed by atoms with Crippen LogP contribution in [-0.2, 0) is 4.79 Å². The number of anilines is 1. The lowest BCUT2D eigenvalue weighted by Gasteiger charge is -2.21. The fraction of sp³-hybridized carbons (Fsp3) is 0.219. The molecule has 0 spiro atoms. The number of H-pyrrole nitrogens is 2. The molecule has 10 nitrogen and oxygen atoms in total. The lowest BCUT2D eigenvalue weighted by Crippen LogP contribution is -2.30. The number of benzene rings is 2. The summed E-state index contributed by atoms with van der Waals surface area (Å²) in [5.41, 5.74) is 6.87. The molecule has 6 aromatic rings. The molecule has 0 radical (unpaired) electrons. The number of aromatic nitrogens is 6. The van der Waals surface area contributed by atoms with Crippen LogP contribution in [0.3, 0.4) is 0 Å². The summed E-state index contributed by atoms with van der Waals surface area (Å²) >= 11 is 0. The van der Waals surface area contributed by atoms with Crippen LogP contribution in [0.4, 0.5) is 10.1 Å². The molecule has 11 heteroatoms. The Labute approximate surface area is 246 Å². The molecule has 4 aromatic heterocycles. The van der Waals surface area contributed by atoms with Crippen molar-refractivity contribution in [2.24, 2.45) is 5.92 Å². The molecule has 0 unspecified atom stereocenters. The van der Waals surface area contributed by atoms with Gasteiger partial charge in [-0.1, -0.05) is 12.1 Å². The number of nitrogens with one attached hydrogen (secondary N) is 4. The molecule has 216 valence electrons. The second kappa shape index (κ2) is 11.3. The summed E-state index contributed by atoms with van der Waals surface area (Å²) in [6.45, 7) is 1.91. The second-order valence-corrected chi connectivity index (χ2v) is 10.7. The summed E-state index contributed by atoms with van der Waals surface area (Å²) in [4.78, 5) is 30.1. The maximum atomic E-state index is 14.3. The van der Waals surface area contributed by atoms with E-state index < -0.39 is 5.82 Å². The Bertz CT molecular complexity index is 1960. The van der Waals surface area contributed by atoms with Gasteiger partial charge in [0, 0.05) is 29.8 Å². The van der Waals surface area contributed by atoms with Crippen LogP contribution in [0.5, 0.6) is 5.75 Å². The van der Waals surface area contributed by atoms with Crippen LogP contribution in [0.15, 0.2) is 67.0 Å². The van der Waals surface area contributed by atoms with Crippen LogP contribution in [-0.4, -0.2) is 56.2 Å². The monoisotopic (exact) mass is 576 g/mol. The number of fused-ring (bicyclic) bond motifs is 2. The molecule has 2 aromatic carbocycles. The number of carbonyl (C=O) groups is 1. The first-order chi connectivity index (χ1) is 21.0. The zero-order valence-corrected chi connectivity index (χ0v) is 23.4. The van der Waals surface area contributed by atoms with Gasteiger partial charge in [-0.25, -0.2) is 14.4 Å². The molecular formula is C32H29FN8O2. The van der Waals surface area contributed by atoms with E-state index in [1.165, 1.54) is 19.2 Å². The highest BCUT2D eigenvalue weighted by Crippen LogP contribution is 2.34. The van der Waals surface area contributed by atoms with Crippen LogP contribution < -0.4 is 15.4 Å². The molecule has 1 amide bonds. The van der Waals surface area contributed by atoms with Crippen LogP contribution in [0, 0.1) is 11.7 Å². The zero-order chi connectivity index (χ0) is 29.3. The highest BCUT2D eigenvalue weighted by Gasteiger charge is 2.19. The van der Waals surface area contributed by atoms with Gasteiger partial charge in [-0.05, 0) is 73.8 Å². The molecule has 1 fully saturated rings. The predicted octanol–water partition coefficient (Wildman–Crippen LogP) is 5.71. The lowest BCUT2D eigenvalue weighted by atomic mass is 9.94. The molecule has 0 atom stereocenters. The number of carbonyl (C=O) groups excluding carboxylic acids is 1. The third-order valence-corrected chi connectivity index (χ3v) is 7.81. The van der Waals surface area contributed by atoms with Gasteiger partial charge in [0.1, 0.15) is 17.1 Å². The molecule has 1 aliphatic heterocycles. The van der Waals surface area contributed by atoms with Crippen LogP contribution >= 0.6 is 0 Å². The van der Waals surface area contributed by atoms with Gasteiger partial charge in [0.15, 0.2) is 11.5 Å². The minimum Gasteiger partial charge on any atom is -0.497 e. The molecule has 5 heterocycles. The summed E-state index contributed by atoms with van der Waals surface area (Å²) in [5.74, 6) is 0.952.